The Kier molecular flexibility index (Phi) is 3.66. The van der Waals surface area contributed by atoms with Gasteiger partial charge in [-0.25, -0.2) is 0 Å². The summed E-state index contributed by atoms with van der Waals surface area (Å²) in [6, 6.07) is 0. The van der Waals surface area contributed by atoms with Crippen LogP contribution in [0.15, 0.2) is 0 Å². The van der Waals surface area contributed by atoms with Crippen molar-refractivity contribution in [1.82, 2.24) is 15.5 Å². The summed E-state index contributed by atoms with van der Waals surface area (Å²) in [5.74, 6) is 0. The number of nitrogens with one attached hydrogen (secondary N) is 1. The Morgan fingerprint density at radius 2 is 2.33 bits per heavy atom. The van der Waals surface area contributed by atoms with E-state index >= 15 is 0 Å². The van der Waals surface area contributed by atoms with Gasteiger partial charge in [-0.15, -0.1) is 10.2 Å². The van der Waals surface area contributed by atoms with Crippen molar-refractivity contribution in [1.29, 1.82) is 0 Å². The second kappa shape index (κ2) is 5.01. The zero-order valence-corrected chi connectivity index (χ0v) is 10.0. The molecule has 0 spiro atoms. The fourth-order valence-electron chi connectivity index (χ4n) is 1.71. The molecule has 5 heteroatoms. The van der Waals surface area contributed by atoms with Crippen LogP contribution in [0.3, 0.4) is 0 Å². The number of hydrogen-bond acceptors (Lipinski definition) is 5. The predicted octanol–water partition coefficient (Wildman–Crippen LogP) is 1.54. The first kappa shape index (κ1) is 11.0. The lowest BCUT2D eigenvalue weighted by molar-refractivity contribution is 0.0550. The van der Waals surface area contributed by atoms with E-state index in [-0.39, 0.29) is 6.10 Å². The van der Waals surface area contributed by atoms with E-state index in [9.17, 15) is 0 Å². The van der Waals surface area contributed by atoms with Crippen molar-refractivity contribution in [3.63, 3.8) is 0 Å². The minimum absolute atomic E-state index is 0.195. The number of ether oxygens (including phenoxy) is 1. The molecule has 0 saturated carbocycles. The van der Waals surface area contributed by atoms with E-state index in [2.05, 4.69) is 22.4 Å². The first-order valence-electron chi connectivity index (χ1n) is 5.42. The van der Waals surface area contributed by atoms with E-state index in [0.29, 0.717) is 6.10 Å². The Morgan fingerprint density at radius 1 is 1.47 bits per heavy atom. The zero-order chi connectivity index (χ0) is 10.7. The van der Waals surface area contributed by atoms with Crippen LogP contribution in [-0.2, 0) is 11.2 Å². The highest BCUT2D eigenvalue weighted by molar-refractivity contribution is 7.11. The lowest BCUT2D eigenvalue weighted by Crippen LogP contribution is -2.09. The van der Waals surface area contributed by atoms with Gasteiger partial charge in [-0.2, -0.15) is 0 Å². The van der Waals surface area contributed by atoms with E-state index in [4.69, 9.17) is 4.74 Å². The molecule has 2 atom stereocenters. The molecule has 0 amide bonds. The molecule has 0 radical (unpaired) electrons. The summed E-state index contributed by atoms with van der Waals surface area (Å²) >= 11 is 1.68. The summed E-state index contributed by atoms with van der Waals surface area (Å²) in [5, 5.41) is 13.6. The van der Waals surface area contributed by atoms with Crippen molar-refractivity contribution in [3.8, 4) is 0 Å². The van der Waals surface area contributed by atoms with Crippen LogP contribution in [0.4, 0.5) is 0 Å². The molecule has 1 saturated heterocycles. The van der Waals surface area contributed by atoms with Gasteiger partial charge < -0.3 is 10.1 Å². The van der Waals surface area contributed by atoms with Crippen LogP contribution >= 0.6 is 11.3 Å². The molecule has 1 fully saturated rings. The standard InChI is InChI=1S/C10H17N3OS/c1-7-3-4-8(14-7)10-13-12-9(15-10)5-6-11-2/h7-8,11H,3-6H2,1-2H3. The fraction of sp³-hybridized carbons (Fsp3) is 0.800. The van der Waals surface area contributed by atoms with E-state index in [1.54, 1.807) is 11.3 Å². The van der Waals surface area contributed by atoms with Crippen LogP contribution < -0.4 is 5.32 Å². The highest BCUT2D eigenvalue weighted by Crippen LogP contribution is 2.33. The van der Waals surface area contributed by atoms with E-state index < -0.39 is 0 Å². The Balaban J connectivity index is 1.94. The minimum atomic E-state index is 0.195. The van der Waals surface area contributed by atoms with Gasteiger partial charge in [0.25, 0.3) is 0 Å². The normalized spacial score (nSPS) is 26.0. The van der Waals surface area contributed by atoms with Gasteiger partial charge in [0.15, 0.2) is 0 Å². The van der Waals surface area contributed by atoms with Gasteiger partial charge in [-0.1, -0.05) is 11.3 Å². The molecular weight excluding hydrogens is 210 g/mol. The summed E-state index contributed by atoms with van der Waals surface area (Å²) in [4.78, 5) is 0. The second-order valence-electron chi connectivity index (χ2n) is 3.90. The number of rotatable bonds is 4. The van der Waals surface area contributed by atoms with Gasteiger partial charge >= 0.3 is 0 Å². The molecule has 0 aromatic carbocycles. The molecule has 2 heterocycles. The molecular formula is C10H17N3OS. The largest absolute Gasteiger partial charge is 0.368 e. The van der Waals surface area contributed by atoms with Gasteiger partial charge in [0.2, 0.25) is 0 Å². The first-order valence-corrected chi connectivity index (χ1v) is 6.23. The minimum Gasteiger partial charge on any atom is -0.368 e. The summed E-state index contributed by atoms with van der Waals surface area (Å²) in [6.45, 7) is 3.07. The third-order valence-electron chi connectivity index (χ3n) is 2.58. The first-order chi connectivity index (χ1) is 7.29. The average molecular weight is 227 g/mol. The number of aromatic nitrogens is 2. The van der Waals surface area contributed by atoms with Crippen molar-refractivity contribution in [2.24, 2.45) is 0 Å². The maximum atomic E-state index is 5.76. The highest BCUT2D eigenvalue weighted by Gasteiger charge is 2.26. The number of hydrogen-bond donors (Lipinski definition) is 1. The van der Waals surface area contributed by atoms with Gasteiger partial charge in [0.1, 0.15) is 16.1 Å². The van der Waals surface area contributed by atoms with E-state index in [1.165, 1.54) is 0 Å². The Labute approximate surface area is 94.1 Å². The maximum absolute atomic E-state index is 5.76. The topological polar surface area (TPSA) is 47.0 Å². The van der Waals surface area contributed by atoms with Gasteiger partial charge in [0, 0.05) is 13.0 Å². The van der Waals surface area contributed by atoms with Crippen LogP contribution in [0.1, 0.15) is 35.9 Å². The van der Waals surface area contributed by atoms with Crippen molar-refractivity contribution >= 4 is 11.3 Å². The Bertz CT molecular complexity index is 315. The lowest BCUT2D eigenvalue weighted by Gasteiger charge is -2.05. The van der Waals surface area contributed by atoms with Crippen LogP contribution in [0.5, 0.6) is 0 Å². The lowest BCUT2D eigenvalue weighted by atomic mass is 10.2. The molecule has 15 heavy (non-hydrogen) atoms. The van der Waals surface area contributed by atoms with Crippen molar-refractivity contribution in [2.45, 2.75) is 38.4 Å². The van der Waals surface area contributed by atoms with Crippen molar-refractivity contribution < 1.29 is 4.74 Å². The molecule has 1 aliphatic rings. The molecule has 0 aliphatic carbocycles. The molecule has 2 unspecified atom stereocenters. The monoisotopic (exact) mass is 227 g/mol. The average Bonchev–Trinajstić information content (AvgIpc) is 2.83. The summed E-state index contributed by atoms with van der Waals surface area (Å²) in [6.07, 6.45) is 3.74. The van der Waals surface area contributed by atoms with E-state index in [0.717, 1.165) is 35.8 Å². The molecule has 1 aromatic heterocycles. The molecule has 84 valence electrons. The quantitative estimate of drug-likeness (QED) is 0.847. The second-order valence-corrected chi connectivity index (χ2v) is 4.99. The van der Waals surface area contributed by atoms with Gasteiger partial charge in [-0.05, 0) is 26.8 Å². The van der Waals surface area contributed by atoms with Crippen molar-refractivity contribution in [3.05, 3.63) is 10.0 Å². The van der Waals surface area contributed by atoms with Crippen molar-refractivity contribution in [2.75, 3.05) is 13.6 Å². The van der Waals surface area contributed by atoms with Crippen LogP contribution in [0.25, 0.3) is 0 Å². The van der Waals surface area contributed by atoms with Crippen LogP contribution in [-0.4, -0.2) is 29.9 Å². The fourth-order valence-corrected chi connectivity index (χ4v) is 2.63. The molecule has 1 aromatic rings. The summed E-state index contributed by atoms with van der Waals surface area (Å²) < 4.78 is 5.76. The van der Waals surface area contributed by atoms with Crippen LogP contribution in [0.2, 0.25) is 0 Å². The zero-order valence-electron chi connectivity index (χ0n) is 9.19. The molecule has 0 bridgehead atoms. The number of nitrogens with zero attached hydrogens (tertiary/aromatic N) is 2. The Hall–Kier alpha value is -0.520. The Morgan fingerprint density at radius 3 is 3.00 bits per heavy atom. The molecule has 2 rings (SSSR count). The van der Waals surface area contributed by atoms with Gasteiger partial charge in [0.05, 0.1) is 6.10 Å². The summed E-state index contributed by atoms with van der Waals surface area (Å²) in [7, 11) is 1.95. The predicted molar refractivity (Wildman–Crippen MR) is 60.1 cm³/mol. The smallest absolute Gasteiger partial charge is 0.146 e. The molecule has 1 N–H and O–H groups in total. The number of likely N-dealkylation sites (N-methyl/N-ethyl adjacent to an activating group) is 1. The maximum Gasteiger partial charge on any atom is 0.146 e. The van der Waals surface area contributed by atoms with Crippen LogP contribution in [0, 0.1) is 0 Å². The van der Waals surface area contributed by atoms with E-state index in [1.807, 2.05) is 7.05 Å². The third-order valence-corrected chi connectivity index (χ3v) is 3.65. The molecule has 1 aliphatic heterocycles. The summed E-state index contributed by atoms with van der Waals surface area (Å²) in [5.41, 5.74) is 0. The SMILES string of the molecule is CNCCc1nnc(C2CCC(C)O2)s1. The highest BCUT2D eigenvalue weighted by atomic mass is 32.1. The van der Waals surface area contributed by atoms with Gasteiger partial charge in [-0.3, -0.25) is 0 Å². The molecule has 4 nitrogen and oxygen atoms in total. The third kappa shape index (κ3) is 2.74.